The van der Waals surface area contributed by atoms with E-state index in [9.17, 15) is 18.3 Å². The number of aromatic nitrogens is 3. The zero-order chi connectivity index (χ0) is 15.8. The van der Waals surface area contributed by atoms with Crippen molar-refractivity contribution in [3.63, 3.8) is 0 Å². The molecule has 1 heterocycles. The van der Waals surface area contributed by atoms with Gasteiger partial charge in [0.05, 0.1) is 17.2 Å². The van der Waals surface area contributed by atoms with Gasteiger partial charge in [0.2, 0.25) is 0 Å². The molecule has 0 fully saturated rings. The topological polar surface area (TPSA) is 74.7 Å². The molecule has 0 unspecified atom stereocenters. The maximum atomic E-state index is 13.1. The van der Waals surface area contributed by atoms with Gasteiger partial charge in [-0.2, -0.15) is 18.4 Å². The Balaban J connectivity index is 2.67. The van der Waals surface area contributed by atoms with E-state index in [1.54, 1.807) is 6.07 Å². The molecule has 5 nitrogen and oxygen atoms in total. The lowest BCUT2D eigenvalue weighted by Gasteiger charge is -2.13. The molecule has 1 N–H and O–H groups in total. The molecule has 0 saturated carbocycles. The van der Waals surface area contributed by atoms with E-state index in [1.165, 1.54) is 30.7 Å². The number of nitriles is 1. The first-order valence-electron chi connectivity index (χ1n) is 5.94. The summed E-state index contributed by atoms with van der Waals surface area (Å²) >= 11 is 0. The number of halogens is 3. The molecule has 2 aromatic rings. The molecule has 0 spiro atoms. The van der Waals surface area contributed by atoms with Crippen LogP contribution in [0.4, 0.5) is 13.2 Å². The number of aliphatic hydroxyl groups excluding tert-OH is 1. The lowest BCUT2D eigenvalue weighted by atomic mass is 10.0. The largest absolute Gasteiger partial charge is 0.417 e. The Hall–Kier alpha value is -2.40. The Morgan fingerprint density at radius 1 is 1.33 bits per heavy atom. The van der Waals surface area contributed by atoms with E-state index in [4.69, 9.17) is 5.26 Å². The van der Waals surface area contributed by atoms with E-state index < -0.39 is 17.8 Å². The van der Waals surface area contributed by atoms with Crippen molar-refractivity contribution in [2.75, 3.05) is 0 Å². The Labute approximate surface area is 118 Å². The average Bonchev–Trinajstić information content (AvgIpc) is 2.79. The van der Waals surface area contributed by atoms with E-state index >= 15 is 0 Å². The highest BCUT2D eigenvalue weighted by molar-refractivity contribution is 5.63. The Morgan fingerprint density at radius 3 is 2.48 bits per heavy atom. The van der Waals surface area contributed by atoms with Gasteiger partial charge >= 0.3 is 6.18 Å². The van der Waals surface area contributed by atoms with Crippen molar-refractivity contribution in [2.24, 2.45) is 7.05 Å². The number of alkyl halides is 3. The minimum Gasteiger partial charge on any atom is -0.385 e. The first-order chi connectivity index (χ1) is 9.75. The molecule has 2 rings (SSSR count). The minimum absolute atomic E-state index is 0.0253. The summed E-state index contributed by atoms with van der Waals surface area (Å²) in [6, 6.07) is 4.90. The molecular weight excluding hydrogens is 285 g/mol. The van der Waals surface area contributed by atoms with Crippen molar-refractivity contribution >= 4 is 0 Å². The van der Waals surface area contributed by atoms with E-state index in [2.05, 4.69) is 10.2 Å². The summed E-state index contributed by atoms with van der Waals surface area (Å²) in [7, 11) is 1.47. The normalized spacial score (nSPS) is 13.0. The van der Waals surface area contributed by atoms with Crippen LogP contribution in [0.5, 0.6) is 0 Å². The Kier molecular flexibility index (Phi) is 3.70. The predicted molar refractivity (Wildman–Crippen MR) is 66.8 cm³/mol. The quantitative estimate of drug-likeness (QED) is 0.923. The molecule has 110 valence electrons. The van der Waals surface area contributed by atoms with Crippen molar-refractivity contribution < 1.29 is 18.3 Å². The SMILES string of the molecule is C[C@H](O)c1nnc(-c2ccc(C#N)cc2C(F)(F)F)n1C. The van der Waals surface area contributed by atoms with Gasteiger partial charge in [0.15, 0.2) is 11.6 Å². The van der Waals surface area contributed by atoms with E-state index in [0.717, 1.165) is 6.07 Å². The number of benzene rings is 1. The summed E-state index contributed by atoms with van der Waals surface area (Å²) in [4.78, 5) is 0. The second kappa shape index (κ2) is 5.18. The van der Waals surface area contributed by atoms with Gasteiger partial charge in [-0.3, -0.25) is 0 Å². The fourth-order valence-electron chi connectivity index (χ4n) is 1.98. The molecule has 0 aliphatic carbocycles. The monoisotopic (exact) mass is 296 g/mol. The summed E-state index contributed by atoms with van der Waals surface area (Å²) in [6.45, 7) is 1.44. The number of hydrogen-bond acceptors (Lipinski definition) is 4. The van der Waals surface area contributed by atoms with Crippen LogP contribution in [-0.2, 0) is 13.2 Å². The highest BCUT2D eigenvalue weighted by atomic mass is 19.4. The van der Waals surface area contributed by atoms with Crippen LogP contribution in [0.25, 0.3) is 11.4 Å². The number of rotatable bonds is 2. The lowest BCUT2D eigenvalue weighted by molar-refractivity contribution is -0.137. The summed E-state index contributed by atoms with van der Waals surface area (Å²) in [5.41, 5.74) is -1.25. The lowest BCUT2D eigenvalue weighted by Crippen LogP contribution is -2.10. The molecule has 0 aliphatic heterocycles. The van der Waals surface area contributed by atoms with Gasteiger partial charge < -0.3 is 9.67 Å². The van der Waals surface area contributed by atoms with Crippen LogP contribution in [0.2, 0.25) is 0 Å². The molecule has 1 aromatic carbocycles. The van der Waals surface area contributed by atoms with Gasteiger partial charge in [-0.25, -0.2) is 0 Å². The summed E-state index contributed by atoms with van der Waals surface area (Å²) in [6.07, 6.45) is -5.58. The molecule has 0 amide bonds. The highest BCUT2D eigenvalue weighted by Gasteiger charge is 2.35. The first-order valence-corrected chi connectivity index (χ1v) is 5.94. The predicted octanol–water partition coefficient (Wildman–Crippen LogP) is 2.43. The third-order valence-electron chi connectivity index (χ3n) is 2.98. The molecule has 0 radical (unpaired) electrons. The smallest absolute Gasteiger partial charge is 0.385 e. The maximum absolute atomic E-state index is 13.1. The molecule has 8 heteroatoms. The van der Waals surface area contributed by atoms with Gasteiger partial charge in [0.1, 0.15) is 6.10 Å². The van der Waals surface area contributed by atoms with Crippen molar-refractivity contribution in [2.45, 2.75) is 19.2 Å². The Bertz CT molecular complexity index is 713. The molecule has 21 heavy (non-hydrogen) atoms. The van der Waals surface area contributed by atoms with E-state index in [-0.39, 0.29) is 22.8 Å². The van der Waals surface area contributed by atoms with Crippen LogP contribution < -0.4 is 0 Å². The summed E-state index contributed by atoms with van der Waals surface area (Å²) in [5.74, 6) is 0.130. The maximum Gasteiger partial charge on any atom is 0.417 e. The van der Waals surface area contributed by atoms with Gasteiger partial charge in [0, 0.05) is 12.6 Å². The van der Waals surface area contributed by atoms with Gasteiger partial charge in [-0.1, -0.05) is 0 Å². The first kappa shape index (κ1) is 15.0. The second-order valence-electron chi connectivity index (χ2n) is 4.49. The van der Waals surface area contributed by atoms with Crippen LogP contribution in [0.3, 0.4) is 0 Å². The summed E-state index contributed by atoms with van der Waals surface area (Å²) < 4.78 is 40.7. The van der Waals surface area contributed by atoms with Gasteiger partial charge in [-0.15, -0.1) is 10.2 Å². The van der Waals surface area contributed by atoms with Crippen LogP contribution >= 0.6 is 0 Å². The fourth-order valence-corrected chi connectivity index (χ4v) is 1.98. The van der Waals surface area contributed by atoms with Crippen LogP contribution in [-0.4, -0.2) is 19.9 Å². The minimum atomic E-state index is -4.63. The average molecular weight is 296 g/mol. The van der Waals surface area contributed by atoms with Crippen molar-refractivity contribution in [1.29, 1.82) is 5.26 Å². The molecule has 1 aromatic heterocycles. The molecule has 0 saturated heterocycles. The van der Waals surface area contributed by atoms with E-state index in [0.29, 0.717) is 0 Å². The third-order valence-corrected chi connectivity index (χ3v) is 2.98. The zero-order valence-electron chi connectivity index (χ0n) is 11.2. The zero-order valence-corrected chi connectivity index (χ0v) is 11.2. The van der Waals surface area contributed by atoms with Crippen LogP contribution in [0.15, 0.2) is 18.2 Å². The molecule has 0 bridgehead atoms. The second-order valence-corrected chi connectivity index (χ2v) is 4.49. The number of hydrogen-bond donors (Lipinski definition) is 1. The van der Waals surface area contributed by atoms with Gasteiger partial charge in [-0.05, 0) is 25.1 Å². The summed E-state index contributed by atoms with van der Waals surface area (Å²) in [5, 5.41) is 25.6. The van der Waals surface area contributed by atoms with E-state index in [1.807, 2.05) is 0 Å². The number of aliphatic hydroxyl groups is 1. The number of nitrogens with zero attached hydrogens (tertiary/aromatic N) is 4. The standard InChI is InChI=1S/C13H11F3N4O/c1-7(21)11-18-19-12(20(11)2)9-4-3-8(6-17)5-10(9)13(14,15)16/h3-5,7,21H,1-2H3/t7-/m0/s1. The van der Waals surface area contributed by atoms with Crippen molar-refractivity contribution in [3.05, 3.63) is 35.2 Å². The third kappa shape index (κ3) is 2.73. The van der Waals surface area contributed by atoms with Crippen molar-refractivity contribution in [3.8, 4) is 17.5 Å². The fraction of sp³-hybridized carbons (Fsp3) is 0.308. The molecule has 0 aliphatic rings. The van der Waals surface area contributed by atoms with Crippen molar-refractivity contribution in [1.82, 2.24) is 14.8 Å². The van der Waals surface area contributed by atoms with Gasteiger partial charge in [0.25, 0.3) is 0 Å². The Morgan fingerprint density at radius 2 is 2.00 bits per heavy atom. The molecule has 1 atom stereocenters. The van der Waals surface area contributed by atoms with Crippen LogP contribution in [0, 0.1) is 11.3 Å². The molecular formula is C13H11F3N4O. The highest BCUT2D eigenvalue weighted by Crippen LogP contribution is 2.37. The van der Waals surface area contributed by atoms with Crippen LogP contribution in [0.1, 0.15) is 30.0 Å².